The van der Waals surface area contributed by atoms with Gasteiger partial charge in [0.25, 0.3) is 0 Å². The zero-order chi connectivity index (χ0) is 9.42. The molecule has 0 radical (unpaired) electrons. The van der Waals surface area contributed by atoms with Gasteiger partial charge >= 0.3 is 0 Å². The third-order valence-corrected chi connectivity index (χ3v) is 2.51. The fraction of sp³-hybridized carbons (Fsp3) is 0.625. The van der Waals surface area contributed by atoms with Crippen LogP contribution >= 0.6 is 11.6 Å². The minimum atomic E-state index is -0.0888. The molecule has 0 aromatic heterocycles. The summed E-state index contributed by atoms with van der Waals surface area (Å²) < 4.78 is 0. The van der Waals surface area contributed by atoms with Crippen molar-refractivity contribution in [3.8, 4) is 0 Å². The van der Waals surface area contributed by atoms with Crippen LogP contribution in [-0.4, -0.2) is 41.0 Å². The van der Waals surface area contributed by atoms with E-state index in [1.54, 1.807) is 6.34 Å². The fourth-order valence-electron chi connectivity index (χ4n) is 1.47. The van der Waals surface area contributed by atoms with Gasteiger partial charge in [-0.25, -0.2) is 9.98 Å². The third kappa shape index (κ3) is 1.35. The lowest BCUT2D eigenvalue weighted by atomic mass is 10.2. The van der Waals surface area contributed by atoms with Crippen LogP contribution in [0.2, 0.25) is 0 Å². The Balaban J connectivity index is 2.23. The monoisotopic (exact) mass is 198 g/mol. The Morgan fingerprint density at radius 1 is 1.46 bits per heavy atom. The summed E-state index contributed by atoms with van der Waals surface area (Å²) >= 11 is 5.91. The molecule has 0 bridgehead atoms. The smallest absolute Gasteiger partial charge is 0.153 e. The highest BCUT2D eigenvalue weighted by atomic mass is 35.5. The standard InChI is InChI=1S/C8H11ClN4/c1-5(2)13-4-12-6-7(9)10-3-11-8(6)13/h3-6,8H,1-2H3. The van der Waals surface area contributed by atoms with Crippen molar-refractivity contribution in [2.24, 2.45) is 15.0 Å². The molecule has 0 aromatic rings. The van der Waals surface area contributed by atoms with Gasteiger partial charge < -0.3 is 4.90 Å². The minimum absolute atomic E-state index is 0.0185. The molecule has 2 aliphatic heterocycles. The molecule has 0 aliphatic carbocycles. The van der Waals surface area contributed by atoms with E-state index in [9.17, 15) is 0 Å². The predicted octanol–water partition coefficient (Wildman–Crippen LogP) is 1.11. The second-order valence-corrected chi connectivity index (χ2v) is 3.77. The van der Waals surface area contributed by atoms with E-state index in [1.807, 2.05) is 0 Å². The Labute approximate surface area is 82.0 Å². The molecular weight excluding hydrogens is 188 g/mol. The highest BCUT2D eigenvalue weighted by Crippen LogP contribution is 2.22. The lowest BCUT2D eigenvalue weighted by Crippen LogP contribution is -2.42. The van der Waals surface area contributed by atoms with Crippen molar-refractivity contribution in [1.82, 2.24) is 4.90 Å². The van der Waals surface area contributed by atoms with Gasteiger partial charge in [0.15, 0.2) is 6.17 Å². The van der Waals surface area contributed by atoms with Crippen molar-refractivity contribution in [3.05, 3.63) is 0 Å². The summed E-state index contributed by atoms with van der Waals surface area (Å²) in [6.07, 6.45) is 3.33. The highest BCUT2D eigenvalue weighted by Gasteiger charge is 2.35. The molecular formula is C8H11ClN4. The maximum Gasteiger partial charge on any atom is 0.153 e. The molecule has 5 heteroatoms. The first-order chi connectivity index (χ1) is 6.20. The van der Waals surface area contributed by atoms with E-state index in [2.05, 4.69) is 33.7 Å². The van der Waals surface area contributed by atoms with Crippen LogP contribution in [0.25, 0.3) is 0 Å². The van der Waals surface area contributed by atoms with Gasteiger partial charge in [-0.1, -0.05) is 11.6 Å². The molecule has 0 fully saturated rings. The molecule has 13 heavy (non-hydrogen) atoms. The number of aliphatic imine (C=N–C) groups is 3. The largest absolute Gasteiger partial charge is 0.336 e. The maximum absolute atomic E-state index is 5.91. The van der Waals surface area contributed by atoms with E-state index in [0.29, 0.717) is 11.2 Å². The van der Waals surface area contributed by atoms with Gasteiger partial charge in [0.2, 0.25) is 0 Å². The molecule has 0 spiro atoms. The van der Waals surface area contributed by atoms with Crippen molar-refractivity contribution in [2.45, 2.75) is 32.1 Å². The fourth-order valence-corrected chi connectivity index (χ4v) is 1.68. The molecule has 2 rings (SSSR count). The molecule has 4 nitrogen and oxygen atoms in total. The summed E-state index contributed by atoms with van der Waals surface area (Å²) in [5.74, 6) is 0. The number of halogens is 1. The highest BCUT2D eigenvalue weighted by molar-refractivity contribution is 6.67. The van der Waals surface area contributed by atoms with E-state index < -0.39 is 0 Å². The Morgan fingerprint density at radius 2 is 2.23 bits per heavy atom. The van der Waals surface area contributed by atoms with Gasteiger partial charge in [0, 0.05) is 6.04 Å². The molecule has 0 aromatic carbocycles. The Kier molecular flexibility index (Phi) is 2.07. The third-order valence-electron chi connectivity index (χ3n) is 2.19. The lowest BCUT2D eigenvalue weighted by Gasteiger charge is -2.28. The molecule has 0 saturated carbocycles. The maximum atomic E-state index is 5.91. The first-order valence-corrected chi connectivity index (χ1v) is 4.63. The van der Waals surface area contributed by atoms with Crippen LogP contribution in [0.1, 0.15) is 13.8 Å². The molecule has 70 valence electrons. The molecule has 2 aliphatic rings. The predicted molar refractivity (Wildman–Crippen MR) is 54.8 cm³/mol. The number of hydrogen-bond donors (Lipinski definition) is 0. The van der Waals surface area contributed by atoms with Gasteiger partial charge in [-0.15, -0.1) is 0 Å². The van der Waals surface area contributed by atoms with Crippen LogP contribution in [0.15, 0.2) is 15.0 Å². The van der Waals surface area contributed by atoms with E-state index in [1.165, 1.54) is 6.34 Å². The Bertz CT molecular complexity index is 295. The molecule has 2 unspecified atom stereocenters. The van der Waals surface area contributed by atoms with E-state index >= 15 is 0 Å². The average Bonchev–Trinajstić information content (AvgIpc) is 2.48. The first kappa shape index (κ1) is 8.69. The number of rotatable bonds is 1. The van der Waals surface area contributed by atoms with Gasteiger partial charge in [-0.3, -0.25) is 4.99 Å². The summed E-state index contributed by atoms with van der Waals surface area (Å²) in [5, 5.41) is 0.527. The van der Waals surface area contributed by atoms with Crippen LogP contribution in [-0.2, 0) is 0 Å². The number of nitrogens with zero attached hydrogens (tertiary/aromatic N) is 4. The number of fused-ring (bicyclic) bond motifs is 1. The molecule has 0 amide bonds. The van der Waals surface area contributed by atoms with Crippen molar-refractivity contribution in [2.75, 3.05) is 0 Å². The second kappa shape index (κ2) is 3.10. The summed E-state index contributed by atoms with van der Waals surface area (Å²) in [6.45, 7) is 4.20. The SMILES string of the molecule is CC(C)N1C=NC2C(Cl)=NC=NC21. The summed E-state index contributed by atoms with van der Waals surface area (Å²) in [4.78, 5) is 14.5. The second-order valence-electron chi connectivity index (χ2n) is 3.38. The first-order valence-electron chi connectivity index (χ1n) is 4.25. The van der Waals surface area contributed by atoms with Gasteiger partial charge in [0.1, 0.15) is 17.6 Å². The van der Waals surface area contributed by atoms with Crippen molar-refractivity contribution < 1.29 is 0 Å². The topological polar surface area (TPSA) is 40.3 Å². The summed E-state index contributed by atoms with van der Waals surface area (Å²) in [5.41, 5.74) is 0. The quantitative estimate of drug-likeness (QED) is 0.622. The van der Waals surface area contributed by atoms with Gasteiger partial charge in [-0.2, -0.15) is 0 Å². The average molecular weight is 199 g/mol. The van der Waals surface area contributed by atoms with Gasteiger partial charge in [-0.05, 0) is 13.8 Å². The normalized spacial score (nSPS) is 31.1. The molecule has 2 heterocycles. The number of hydrogen-bond acceptors (Lipinski definition) is 4. The molecule has 2 atom stereocenters. The Hall–Kier alpha value is -0.900. The van der Waals surface area contributed by atoms with E-state index in [0.717, 1.165) is 0 Å². The van der Waals surface area contributed by atoms with E-state index in [4.69, 9.17) is 11.6 Å². The van der Waals surface area contributed by atoms with Crippen molar-refractivity contribution in [1.29, 1.82) is 0 Å². The van der Waals surface area contributed by atoms with Crippen LogP contribution in [0.3, 0.4) is 0 Å². The van der Waals surface area contributed by atoms with Crippen molar-refractivity contribution >= 4 is 29.4 Å². The minimum Gasteiger partial charge on any atom is -0.336 e. The van der Waals surface area contributed by atoms with Crippen LogP contribution in [0.4, 0.5) is 0 Å². The summed E-state index contributed by atoms with van der Waals surface area (Å²) in [7, 11) is 0. The van der Waals surface area contributed by atoms with E-state index in [-0.39, 0.29) is 12.2 Å². The van der Waals surface area contributed by atoms with Crippen LogP contribution in [0, 0.1) is 0 Å². The Morgan fingerprint density at radius 3 is 2.92 bits per heavy atom. The summed E-state index contributed by atoms with van der Waals surface area (Å²) in [6, 6.07) is 0.299. The zero-order valence-electron chi connectivity index (χ0n) is 7.55. The van der Waals surface area contributed by atoms with Gasteiger partial charge in [0.05, 0.1) is 6.34 Å². The zero-order valence-corrected chi connectivity index (χ0v) is 8.31. The van der Waals surface area contributed by atoms with Crippen LogP contribution in [0.5, 0.6) is 0 Å². The molecule has 0 N–H and O–H groups in total. The molecule has 0 saturated heterocycles. The van der Waals surface area contributed by atoms with Crippen LogP contribution < -0.4 is 0 Å². The van der Waals surface area contributed by atoms with Crippen molar-refractivity contribution in [3.63, 3.8) is 0 Å². The lowest BCUT2D eigenvalue weighted by molar-refractivity contribution is 0.290.